The molecule has 2 aromatic carbocycles. The van der Waals surface area contributed by atoms with Crippen molar-refractivity contribution in [3.63, 3.8) is 0 Å². The number of para-hydroxylation sites is 1. The van der Waals surface area contributed by atoms with E-state index in [2.05, 4.69) is 18.1 Å². The summed E-state index contributed by atoms with van der Waals surface area (Å²) < 4.78 is 7.93. The normalized spacial score (nSPS) is 14.0. The molecule has 138 valence electrons. The van der Waals surface area contributed by atoms with E-state index in [1.165, 1.54) is 5.56 Å². The van der Waals surface area contributed by atoms with Crippen LogP contribution in [0.15, 0.2) is 67.0 Å². The van der Waals surface area contributed by atoms with Crippen LogP contribution in [-0.2, 0) is 13.0 Å². The summed E-state index contributed by atoms with van der Waals surface area (Å²) in [7, 11) is 0. The van der Waals surface area contributed by atoms with Crippen LogP contribution >= 0.6 is 0 Å². The summed E-state index contributed by atoms with van der Waals surface area (Å²) in [5.41, 5.74) is 2.98. The number of benzene rings is 2. The van der Waals surface area contributed by atoms with Gasteiger partial charge in [0.1, 0.15) is 11.9 Å². The lowest BCUT2D eigenvalue weighted by molar-refractivity contribution is 0.0174. The average molecular weight is 361 g/mol. The Morgan fingerprint density at radius 2 is 2.00 bits per heavy atom. The molecule has 0 atom stereocenters. The van der Waals surface area contributed by atoms with Gasteiger partial charge in [-0.3, -0.25) is 9.48 Å². The van der Waals surface area contributed by atoms with Gasteiger partial charge in [-0.15, -0.1) is 0 Å². The molecule has 5 heteroatoms. The predicted molar refractivity (Wildman–Crippen MR) is 104 cm³/mol. The summed E-state index contributed by atoms with van der Waals surface area (Å²) in [5, 5.41) is 4.22. The van der Waals surface area contributed by atoms with Crippen LogP contribution in [0.2, 0.25) is 0 Å². The van der Waals surface area contributed by atoms with E-state index in [4.69, 9.17) is 4.74 Å². The van der Waals surface area contributed by atoms with Crippen LogP contribution in [0.1, 0.15) is 28.4 Å². The maximum Gasteiger partial charge on any atom is 0.254 e. The van der Waals surface area contributed by atoms with Gasteiger partial charge in [-0.1, -0.05) is 37.3 Å². The van der Waals surface area contributed by atoms with Crippen LogP contribution in [0, 0.1) is 0 Å². The molecule has 1 aliphatic heterocycles. The van der Waals surface area contributed by atoms with Crippen LogP contribution in [0.3, 0.4) is 0 Å². The molecule has 1 saturated heterocycles. The first-order valence-corrected chi connectivity index (χ1v) is 9.33. The van der Waals surface area contributed by atoms with Crippen LogP contribution in [0.5, 0.6) is 5.75 Å². The minimum Gasteiger partial charge on any atom is -0.486 e. The monoisotopic (exact) mass is 361 g/mol. The van der Waals surface area contributed by atoms with Gasteiger partial charge in [0, 0.05) is 18.0 Å². The molecule has 0 aliphatic carbocycles. The Morgan fingerprint density at radius 1 is 1.15 bits per heavy atom. The predicted octanol–water partition coefficient (Wildman–Crippen LogP) is 3.40. The van der Waals surface area contributed by atoms with Crippen molar-refractivity contribution in [3.8, 4) is 5.75 Å². The number of hydrogen-bond donors (Lipinski definition) is 0. The molecule has 3 aromatic rings. The highest BCUT2D eigenvalue weighted by Crippen LogP contribution is 2.24. The number of likely N-dealkylation sites (tertiary alicyclic amines) is 1. The second kappa shape index (κ2) is 7.66. The Morgan fingerprint density at radius 3 is 2.78 bits per heavy atom. The number of carbonyl (C=O) groups is 1. The quantitative estimate of drug-likeness (QED) is 0.676. The van der Waals surface area contributed by atoms with Gasteiger partial charge in [0.15, 0.2) is 0 Å². The Labute approximate surface area is 159 Å². The summed E-state index contributed by atoms with van der Waals surface area (Å²) in [6.07, 6.45) is 4.68. The smallest absolute Gasteiger partial charge is 0.254 e. The molecule has 0 unspecified atom stereocenters. The van der Waals surface area contributed by atoms with Gasteiger partial charge >= 0.3 is 0 Å². The minimum absolute atomic E-state index is 0.0564. The van der Waals surface area contributed by atoms with Gasteiger partial charge in [-0.05, 0) is 41.8 Å². The summed E-state index contributed by atoms with van der Waals surface area (Å²) in [6.45, 7) is 4.03. The molecular weight excluding hydrogens is 338 g/mol. The third-order valence-corrected chi connectivity index (χ3v) is 4.86. The molecule has 0 N–H and O–H groups in total. The first kappa shape index (κ1) is 17.3. The van der Waals surface area contributed by atoms with Gasteiger partial charge in [-0.25, -0.2) is 0 Å². The average Bonchev–Trinajstić information content (AvgIpc) is 3.17. The molecule has 1 fully saturated rings. The molecule has 4 rings (SSSR count). The Balaban J connectivity index is 1.36. The molecule has 5 nitrogen and oxygen atoms in total. The number of amides is 1. The van der Waals surface area contributed by atoms with Crippen LogP contribution in [0.25, 0.3) is 0 Å². The molecule has 27 heavy (non-hydrogen) atoms. The summed E-state index contributed by atoms with van der Waals surface area (Å²) in [6, 6.07) is 17.8. The van der Waals surface area contributed by atoms with Gasteiger partial charge in [-0.2, -0.15) is 5.10 Å². The van der Waals surface area contributed by atoms with Crippen LogP contribution < -0.4 is 4.74 Å². The molecule has 0 radical (unpaired) electrons. The van der Waals surface area contributed by atoms with E-state index in [0.717, 1.165) is 17.7 Å². The fourth-order valence-electron chi connectivity index (χ4n) is 3.34. The Kier molecular flexibility index (Phi) is 4.92. The van der Waals surface area contributed by atoms with E-state index < -0.39 is 0 Å². The molecule has 0 spiro atoms. The number of nitrogens with zero attached hydrogens (tertiary/aromatic N) is 3. The van der Waals surface area contributed by atoms with Crippen molar-refractivity contribution in [2.45, 2.75) is 26.0 Å². The molecule has 0 saturated carbocycles. The fraction of sp³-hybridized carbons (Fsp3) is 0.273. The molecule has 1 aliphatic rings. The fourth-order valence-corrected chi connectivity index (χ4v) is 3.34. The van der Waals surface area contributed by atoms with Gasteiger partial charge in [0.2, 0.25) is 0 Å². The molecule has 1 amide bonds. The first-order chi connectivity index (χ1) is 13.2. The SMILES string of the molecule is CCc1ccccc1OC1CN(C(=O)c2cccc(Cn3cccn3)c2)C1. The topological polar surface area (TPSA) is 47.4 Å². The number of rotatable bonds is 6. The lowest BCUT2D eigenvalue weighted by Gasteiger charge is -2.39. The van der Waals surface area contributed by atoms with Crippen molar-refractivity contribution < 1.29 is 9.53 Å². The number of aryl methyl sites for hydroxylation is 1. The zero-order valence-electron chi connectivity index (χ0n) is 15.4. The number of aromatic nitrogens is 2. The maximum absolute atomic E-state index is 12.8. The van der Waals surface area contributed by atoms with Crippen molar-refractivity contribution in [1.82, 2.24) is 14.7 Å². The van der Waals surface area contributed by atoms with E-state index in [9.17, 15) is 4.79 Å². The zero-order chi connectivity index (χ0) is 18.6. The second-order valence-electron chi connectivity index (χ2n) is 6.82. The van der Waals surface area contributed by atoms with Crippen molar-refractivity contribution in [3.05, 3.63) is 83.7 Å². The number of ether oxygens (including phenoxy) is 1. The van der Waals surface area contributed by atoms with E-state index in [-0.39, 0.29) is 12.0 Å². The zero-order valence-corrected chi connectivity index (χ0v) is 15.4. The van der Waals surface area contributed by atoms with Crippen LogP contribution in [-0.4, -0.2) is 39.8 Å². The minimum atomic E-state index is 0.0564. The van der Waals surface area contributed by atoms with Crippen molar-refractivity contribution >= 4 is 5.91 Å². The third kappa shape index (κ3) is 3.87. The molecule has 2 heterocycles. The van der Waals surface area contributed by atoms with Crippen LogP contribution in [0.4, 0.5) is 0 Å². The largest absolute Gasteiger partial charge is 0.486 e. The number of hydrogen-bond acceptors (Lipinski definition) is 3. The van der Waals surface area contributed by atoms with Gasteiger partial charge < -0.3 is 9.64 Å². The standard InChI is InChI=1S/C22H23N3O2/c1-2-18-8-3-4-10-21(18)27-20-15-24(16-20)22(26)19-9-5-7-17(13-19)14-25-12-6-11-23-25/h3-13,20H,2,14-16H2,1H3. The van der Waals surface area contributed by atoms with Gasteiger partial charge in [0.05, 0.1) is 19.6 Å². The lowest BCUT2D eigenvalue weighted by atomic mass is 10.1. The second-order valence-corrected chi connectivity index (χ2v) is 6.82. The highest BCUT2D eigenvalue weighted by atomic mass is 16.5. The van der Waals surface area contributed by atoms with E-state index >= 15 is 0 Å². The van der Waals surface area contributed by atoms with Crippen molar-refractivity contribution in [2.24, 2.45) is 0 Å². The summed E-state index contributed by atoms with van der Waals surface area (Å²) in [4.78, 5) is 14.6. The van der Waals surface area contributed by atoms with E-state index in [0.29, 0.717) is 25.2 Å². The summed E-state index contributed by atoms with van der Waals surface area (Å²) >= 11 is 0. The first-order valence-electron chi connectivity index (χ1n) is 9.33. The van der Waals surface area contributed by atoms with E-state index in [1.54, 1.807) is 6.20 Å². The van der Waals surface area contributed by atoms with Gasteiger partial charge in [0.25, 0.3) is 5.91 Å². The Bertz CT molecular complexity index is 915. The molecular formula is C22H23N3O2. The Hall–Kier alpha value is -3.08. The summed E-state index contributed by atoms with van der Waals surface area (Å²) in [5.74, 6) is 0.985. The molecule has 1 aromatic heterocycles. The third-order valence-electron chi connectivity index (χ3n) is 4.86. The lowest BCUT2D eigenvalue weighted by Crippen LogP contribution is -2.56. The highest BCUT2D eigenvalue weighted by molar-refractivity contribution is 5.95. The highest BCUT2D eigenvalue weighted by Gasteiger charge is 2.33. The van der Waals surface area contributed by atoms with E-state index in [1.807, 2.05) is 64.3 Å². The van der Waals surface area contributed by atoms with Crippen molar-refractivity contribution in [2.75, 3.05) is 13.1 Å². The number of carbonyl (C=O) groups excluding carboxylic acids is 1. The molecule has 0 bridgehead atoms. The maximum atomic E-state index is 12.8. The van der Waals surface area contributed by atoms with Crippen molar-refractivity contribution in [1.29, 1.82) is 0 Å².